The molecule has 1 aromatic rings. The molecule has 5 nitrogen and oxygen atoms in total. The number of ether oxygens (including phenoxy) is 1. The minimum Gasteiger partial charge on any atom is -0.490 e. The number of nitrogens with one attached hydrogen (secondary N) is 1. The van der Waals surface area contributed by atoms with Crippen LogP contribution < -0.4 is 10.1 Å². The molecule has 24 heavy (non-hydrogen) atoms. The molecule has 1 aliphatic heterocycles. The first-order chi connectivity index (χ1) is 11.4. The summed E-state index contributed by atoms with van der Waals surface area (Å²) >= 11 is 0. The van der Waals surface area contributed by atoms with Crippen molar-refractivity contribution in [3.63, 3.8) is 0 Å². The van der Waals surface area contributed by atoms with Crippen LogP contribution in [0.1, 0.15) is 51.5 Å². The largest absolute Gasteiger partial charge is 0.490 e. The first kappa shape index (κ1) is 17.1. The van der Waals surface area contributed by atoms with Crippen molar-refractivity contribution in [3.8, 4) is 5.75 Å². The van der Waals surface area contributed by atoms with Crippen LogP contribution in [0.2, 0.25) is 0 Å². The number of nitrogens with zero attached hydrogens (tertiary/aromatic N) is 1. The van der Waals surface area contributed by atoms with Crippen LogP contribution in [0.5, 0.6) is 5.75 Å². The molecule has 0 radical (unpaired) electrons. The number of carbonyl (C=O) groups excluding carboxylic acids is 1. The normalized spacial score (nSPS) is 21.5. The number of carbonyl (C=O) groups is 1. The molecule has 0 bridgehead atoms. The van der Waals surface area contributed by atoms with Gasteiger partial charge < -0.3 is 20.1 Å². The molecular formula is C19H28N2O3. The molecule has 0 aromatic heterocycles. The van der Waals surface area contributed by atoms with Crippen molar-refractivity contribution < 1.29 is 14.6 Å². The highest BCUT2D eigenvalue weighted by molar-refractivity contribution is 5.75. The fraction of sp³-hybridized carbons (Fsp3) is 0.632. The number of likely N-dealkylation sites (tertiary alicyclic amines) is 1. The van der Waals surface area contributed by atoms with Gasteiger partial charge in [0.1, 0.15) is 5.75 Å². The van der Waals surface area contributed by atoms with Crippen LogP contribution in [-0.2, 0) is 6.54 Å². The number of hydrogen-bond acceptors (Lipinski definition) is 3. The van der Waals surface area contributed by atoms with Crippen LogP contribution in [0.15, 0.2) is 24.3 Å². The highest BCUT2D eigenvalue weighted by Gasteiger charge is 2.38. The van der Waals surface area contributed by atoms with E-state index in [0.717, 1.165) is 37.0 Å². The van der Waals surface area contributed by atoms with E-state index in [4.69, 9.17) is 4.74 Å². The summed E-state index contributed by atoms with van der Waals surface area (Å²) in [4.78, 5) is 14.3. The molecule has 0 unspecified atom stereocenters. The zero-order valence-corrected chi connectivity index (χ0v) is 14.6. The van der Waals surface area contributed by atoms with E-state index < -0.39 is 5.60 Å². The Balaban J connectivity index is 1.60. The number of rotatable bonds is 5. The summed E-state index contributed by atoms with van der Waals surface area (Å²) in [5.41, 5.74) is 0.121. The minimum absolute atomic E-state index is 0.113. The number of aliphatic hydroxyl groups is 1. The SMILES string of the molecule is CC(C)(O)[C@H]1CCCN1C(=O)NCc1ccccc1OC1CCC1. The zero-order chi connectivity index (χ0) is 17.2. The Hall–Kier alpha value is -1.75. The quantitative estimate of drug-likeness (QED) is 0.871. The minimum atomic E-state index is -0.876. The summed E-state index contributed by atoms with van der Waals surface area (Å²) in [5.74, 6) is 0.864. The van der Waals surface area contributed by atoms with Gasteiger partial charge in [0, 0.05) is 18.7 Å². The number of para-hydroxylation sites is 1. The molecule has 2 N–H and O–H groups in total. The molecule has 1 heterocycles. The summed E-state index contributed by atoms with van der Waals surface area (Å²) in [6.45, 7) is 4.67. The van der Waals surface area contributed by atoms with Crippen LogP contribution in [0, 0.1) is 0 Å². The predicted octanol–water partition coefficient (Wildman–Crippen LogP) is 3.06. The number of amides is 2. The zero-order valence-electron chi connectivity index (χ0n) is 14.6. The van der Waals surface area contributed by atoms with E-state index in [1.807, 2.05) is 24.3 Å². The average Bonchev–Trinajstić information content (AvgIpc) is 2.99. The predicted molar refractivity (Wildman–Crippen MR) is 93.0 cm³/mol. The maximum atomic E-state index is 12.5. The first-order valence-electron chi connectivity index (χ1n) is 8.96. The maximum absolute atomic E-state index is 12.5. The lowest BCUT2D eigenvalue weighted by molar-refractivity contribution is 0.00977. The summed E-state index contributed by atoms with van der Waals surface area (Å²) < 4.78 is 6.01. The third kappa shape index (κ3) is 3.83. The van der Waals surface area contributed by atoms with Gasteiger partial charge in [-0.3, -0.25) is 0 Å². The molecule has 0 spiro atoms. The van der Waals surface area contributed by atoms with E-state index in [2.05, 4.69) is 5.32 Å². The smallest absolute Gasteiger partial charge is 0.318 e. The standard InChI is InChI=1S/C19H28N2O3/c1-19(2,23)17-11-6-12-21(17)18(22)20-13-14-7-3-4-10-16(14)24-15-8-5-9-15/h3-4,7,10,15,17,23H,5-6,8-9,11-13H2,1-2H3,(H,20,22)/t17-/m1/s1. The van der Waals surface area contributed by atoms with Crippen LogP contribution in [0.25, 0.3) is 0 Å². The lowest BCUT2D eigenvalue weighted by atomic mass is 9.96. The Bertz CT molecular complexity index is 578. The molecule has 1 saturated heterocycles. The highest BCUT2D eigenvalue weighted by Crippen LogP contribution is 2.28. The molecule has 1 atom stereocenters. The topological polar surface area (TPSA) is 61.8 Å². The lowest BCUT2D eigenvalue weighted by Gasteiger charge is -2.33. The van der Waals surface area contributed by atoms with Gasteiger partial charge in [-0.25, -0.2) is 4.79 Å². The summed E-state index contributed by atoms with van der Waals surface area (Å²) in [6.07, 6.45) is 5.56. The molecule has 1 saturated carbocycles. The van der Waals surface area contributed by atoms with Gasteiger partial charge in [0.15, 0.2) is 0 Å². The molecule has 5 heteroatoms. The van der Waals surface area contributed by atoms with Gasteiger partial charge in [0.25, 0.3) is 0 Å². The fourth-order valence-electron chi connectivity index (χ4n) is 3.45. The summed E-state index contributed by atoms with van der Waals surface area (Å²) in [6, 6.07) is 7.65. The van der Waals surface area contributed by atoms with Crippen LogP contribution in [0.3, 0.4) is 0 Å². The van der Waals surface area contributed by atoms with Crippen molar-refractivity contribution in [2.75, 3.05) is 6.54 Å². The van der Waals surface area contributed by atoms with E-state index in [0.29, 0.717) is 19.2 Å². The van der Waals surface area contributed by atoms with Crippen LogP contribution >= 0.6 is 0 Å². The number of urea groups is 1. The maximum Gasteiger partial charge on any atom is 0.318 e. The van der Waals surface area contributed by atoms with E-state index >= 15 is 0 Å². The second kappa shape index (κ2) is 7.01. The molecule has 2 fully saturated rings. The first-order valence-corrected chi connectivity index (χ1v) is 8.96. The molecule has 2 amide bonds. The van der Waals surface area contributed by atoms with Crippen molar-refractivity contribution in [3.05, 3.63) is 29.8 Å². The molecular weight excluding hydrogens is 304 g/mol. The summed E-state index contributed by atoms with van der Waals surface area (Å²) in [7, 11) is 0. The highest BCUT2D eigenvalue weighted by atomic mass is 16.5. The Labute approximate surface area is 144 Å². The molecule has 2 aliphatic rings. The van der Waals surface area contributed by atoms with Crippen molar-refractivity contribution >= 4 is 6.03 Å². The van der Waals surface area contributed by atoms with E-state index in [1.54, 1.807) is 18.7 Å². The number of hydrogen-bond donors (Lipinski definition) is 2. The summed E-state index contributed by atoms with van der Waals surface area (Å²) in [5, 5.41) is 13.2. The third-order valence-corrected chi connectivity index (χ3v) is 5.08. The van der Waals surface area contributed by atoms with Crippen molar-refractivity contribution in [2.24, 2.45) is 0 Å². The third-order valence-electron chi connectivity index (χ3n) is 5.08. The van der Waals surface area contributed by atoms with Crippen LogP contribution in [0.4, 0.5) is 4.79 Å². The van der Waals surface area contributed by atoms with Gasteiger partial charge in [0.05, 0.1) is 17.7 Å². The Morgan fingerprint density at radius 3 is 2.71 bits per heavy atom. The monoisotopic (exact) mass is 332 g/mol. The molecule has 3 rings (SSSR count). The Morgan fingerprint density at radius 1 is 1.29 bits per heavy atom. The second-order valence-corrected chi connectivity index (χ2v) is 7.44. The van der Waals surface area contributed by atoms with Crippen molar-refractivity contribution in [2.45, 2.75) is 70.2 Å². The van der Waals surface area contributed by atoms with Crippen molar-refractivity contribution in [1.29, 1.82) is 0 Å². The molecule has 1 aromatic carbocycles. The van der Waals surface area contributed by atoms with Gasteiger partial charge in [-0.05, 0) is 52.0 Å². The Kier molecular flexibility index (Phi) is 4.99. The lowest BCUT2D eigenvalue weighted by Crippen LogP contribution is -2.51. The number of benzene rings is 1. The van der Waals surface area contributed by atoms with Crippen LogP contribution in [-0.4, -0.2) is 40.3 Å². The second-order valence-electron chi connectivity index (χ2n) is 7.44. The van der Waals surface area contributed by atoms with E-state index in [9.17, 15) is 9.90 Å². The van der Waals surface area contributed by atoms with E-state index in [-0.39, 0.29) is 12.1 Å². The Morgan fingerprint density at radius 2 is 2.04 bits per heavy atom. The van der Waals surface area contributed by atoms with Gasteiger partial charge in [-0.15, -0.1) is 0 Å². The van der Waals surface area contributed by atoms with Gasteiger partial charge in [-0.2, -0.15) is 0 Å². The molecule has 1 aliphatic carbocycles. The van der Waals surface area contributed by atoms with Gasteiger partial charge in [0.2, 0.25) is 0 Å². The fourth-order valence-corrected chi connectivity index (χ4v) is 3.45. The van der Waals surface area contributed by atoms with Crippen molar-refractivity contribution in [1.82, 2.24) is 10.2 Å². The van der Waals surface area contributed by atoms with Gasteiger partial charge >= 0.3 is 6.03 Å². The van der Waals surface area contributed by atoms with Gasteiger partial charge in [-0.1, -0.05) is 18.2 Å². The van der Waals surface area contributed by atoms with E-state index in [1.165, 1.54) is 6.42 Å². The average molecular weight is 332 g/mol. The molecule has 132 valence electrons.